The van der Waals surface area contributed by atoms with Gasteiger partial charge < -0.3 is 20.5 Å². The van der Waals surface area contributed by atoms with Crippen molar-refractivity contribution in [2.45, 2.75) is 0 Å². The van der Waals surface area contributed by atoms with Crippen molar-refractivity contribution in [1.82, 2.24) is 9.97 Å². The zero-order valence-corrected chi connectivity index (χ0v) is 4.59. The van der Waals surface area contributed by atoms with Crippen LogP contribution in [0.25, 0.3) is 0 Å². The molecule has 0 fully saturated rings. The van der Waals surface area contributed by atoms with Crippen LogP contribution in [-0.4, -0.2) is 25.3 Å². The number of hydrogen-bond donors (Lipinski definition) is 3. The van der Waals surface area contributed by atoms with E-state index in [4.69, 9.17) is 15.3 Å². The molecule has 1 aromatic rings. The average Bonchev–Trinajstić information content (AvgIpc) is 1.82. The lowest BCUT2D eigenvalue weighted by atomic mass is 10.9. The van der Waals surface area contributed by atoms with E-state index in [1.807, 2.05) is 0 Å². The Kier molecular flexibility index (Phi) is 1.18. The summed E-state index contributed by atoms with van der Waals surface area (Å²) in [6.45, 7) is 0. The zero-order chi connectivity index (χ0) is 7.72. The Morgan fingerprint density at radius 1 is 1.10 bits per heavy atom. The molecule has 0 bridgehead atoms. The molecule has 0 saturated carbocycles. The minimum Gasteiger partial charge on any atom is -0.735 e. The lowest BCUT2D eigenvalue weighted by Crippen LogP contribution is -2.28. The number of rotatable bonds is 0. The van der Waals surface area contributed by atoms with Crippen LogP contribution in [0.1, 0.15) is 0 Å². The summed E-state index contributed by atoms with van der Waals surface area (Å²) < 4.78 is -0.334. The van der Waals surface area contributed by atoms with Gasteiger partial charge in [-0.1, -0.05) is 0 Å². The van der Waals surface area contributed by atoms with E-state index in [2.05, 4.69) is 9.97 Å². The normalized spacial score (nSPS) is 9.60. The Labute approximate surface area is 54.4 Å². The summed E-state index contributed by atoms with van der Waals surface area (Å²) in [5.41, 5.74) is 0. The van der Waals surface area contributed by atoms with Gasteiger partial charge in [0.2, 0.25) is 0 Å². The predicted octanol–water partition coefficient (Wildman–Crippen LogP) is -1.77. The van der Waals surface area contributed by atoms with Crippen molar-refractivity contribution in [3.8, 4) is 18.0 Å². The van der Waals surface area contributed by atoms with Crippen molar-refractivity contribution in [3.05, 3.63) is 5.21 Å². The second kappa shape index (κ2) is 1.87. The molecule has 0 radical (unpaired) electrons. The third kappa shape index (κ3) is 0.835. The van der Waals surface area contributed by atoms with Crippen LogP contribution in [0.2, 0.25) is 0 Å². The maximum Gasteiger partial charge on any atom is 0.476 e. The van der Waals surface area contributed by atoms with E-state index in [0.29, 0.717) is 0 Å². The van der Waals surface area contributed by atoms with Gasteiger partial charge in [0.1, 0.15) is 0 Å². The minimum absolute atomic E-state index is 0.334. The van der Waals surface area contributed by atoms with Gasteiger partial charge in [0.15, 0.2) is 0 Å². The Morgan fingerprint density at radius 3 is 1.90 bits per heavy atom. The fourth-order valence-corrected chi connectivity index (χ4v) is 0.384. The van der Waals surface area contributed by atoms with Crippen LogP contribution in [0.5, 0.6) is 18.0 Å². The fourth-order valence-electron chi connectivity index (χ4n) is 0.384. The summed E-state index contributed by atoms with van der Waals surface area (Å²) in [6, 6.07) is -2.96. The Hall–Kier alpha value is -1.79. The first-order valence-corrected chi connectivity index (χ1v) is 2.20. The molecule has 0 aromatic carbocycles. The van der Waals surface area contributed by atoms with E-state index in [9.17, 15) is 5.21 Å². The first-order chi connectivity index (χ1) is 4.61. The van der Waals surface area contributed by atoms with Crippen molar-refractivity contribution < 1.29 is 20.0 Å². The largest absolute Gasteiger partial charge is 0.735 e. The topological polar surface area (TPSA) is 113 Å². The van der Waals surface area contributed by atoms with Crippen LogP contribution < -0.4 is 4.73 Å². The molecule has 0 unspecified atom stereocenters. The van der Waals surface area contributed by atoms with E-state index < -0.39 is 18.0 Å². The van der Waals surface area contributed by atoms with Crippen LogP contribution in [-0.2, 0) is 0 Å². The highest BCUT2D eigenvalue weighted by molar-refractivity contribution is 4.96. The summed E-state index contributed by atoms with van der Waals surface area (Å²) in [6.07, 6.45) is 0. The van der Waals surface area contributed by atoms with Crippen LogP contribution >= 0.6 is 0 Å². The molecule has 0 aliphatic heterocycles. The van der Waals surface area contributed by atoms with Gasteiger partial charge >= 0.3 is 18.0 Å². The highest BCUT2D eigenvalue weighted by Crippen LogP contribution is 2.06. The van der Waals surface area contributed by atoms with E-state index in [1.54, 1.807) is 0 Å². The molecule has 1 aromatic heterocycles. The number of aromatic nitrogens is 3. The highest BCUT2D eigenvalue weighted by Gasteiger charge is 2.14. The second-order valence-corrected chi connectivity index (χ2v) is 1.42. The molecule has 1 heterocycles. The van der Waals surface area contributed by atoms with Crippen molar-refractivity contribution >= 4 is 0 Å². The van der Waals surface area contributed by atoms with Crippen molar-refractivity contribution in [1.29, 1.82) is 0 Å². The SMILES string of the molecule is [O-][n+]1c(O)nc(O)nc1O. The van der Waals surface area contributed by atoms with Crippen molar-refractivity contribution in [3.63, 3.8) is 0 Å². The summed E-state index contributed by atoms with van der Waals surface area (Å²) in [4.78, 5) is 5.65. The van der Waals surface area contributed by atoms with Gasteiger partial charge in [-0.25, -0.2) is 0 Å². The predicted molar refractivity (Wildman–Crippen MR) is 26.0 cm³/mol. The molecule has 54 valence electrons. The summed E-state index contributed by atoms with van der Waals surface area (Å²) >= 11 is 0. The fraction of sp³-hybridized carbons (Fsp3) is 0. The first kappa shape index (κ1) is 6.33. The summed E-state index contributed by atoms with van der Waals surface area (Å²) in [5, 5.41) is 35.6. The Morgan fingerprint density at radius 2 is 1.50 bits per heavy atom. The van der Waals surface area contributed by atoms with Gasteiger partial charge in [-0.05, 0) is 0 Å². The molecule has 0 aliphatic carbocycles. The van der Waals surface area contributed by atoms with Gasteiger partial charge in [-0.2, -0.15) is 4.73 Å². The molecule has 3 N–H and O–H groups in total. The van der Waals surface area contributed by atoms with Crippen molar-refractivity contribution in [2.75, 3.05) is 0 Å². The van der Waals surface area contributed by atoms with Crippen LogP contribution in [0.3, 0.4) is 0 Å². The highest BCUT2D eigenvalue weighted by atomic mass is 16.5. The molecule has 1 rings (SSSR count). The third-order valence-corrected chi connectivity index (χ3v) is 0.763. The van der Waals surface area contributed by atoms with Gasteiger partial charge in [-0.15, -0.1) is 0 Å². The van der Waals surface area contributed by atoms with Gasteiger partial charge in [0, 0.05) is 9.97 Å². The monoisotopic (exact) mass is 145 g/mol. The first-order valence-electron chi connectivity index (χ1n) is 2.20. The number of aromatic hydroxyl groups is 3. The quantitative estimate of drug-likeness (QED) is 0.294. The van der Waals surface area contributed by atoms with E-state index in [1.165, 1.54) is 0 Å². The second-order valence-electron chi connectivity index (χ2n) is 1.42. The molecule has 10 heavy (non-hydrogen) atoms. The molecular weight excluding hydrogens is 142 g/mol. The Balaban J connectivity index is 3.31. The van der Waals surface area contributed by atoms with Gasteiger partial charge in [-0.3, -0.25) is 0 Å². The van der Waals surface area contributed by atoms with Crippen molar-refractivity contribution in [2.24, 2.45) is 0 Å². The van der Waals surface area contributed by atoms with Gasteiger partial charge in [0.25, 0.3) is 0 Å². The lowest BCUT2D eigenvalue weighted by molar-refractivity contribution is -0.628. The summed E-state index contributed by atoms with van der Waals surface area (Å²) in [7, 11) is 0. The molecule has 7 heteroatoms. The van der Waals surface area contributed by atoms with E-state index in [-0.39, 0.29) is 4.73 Å². The molecule has 0 spiro atoms. The zero-order valence-electron chi connectivity index (χ0n) is 4.59. The smallest absolute Gasteiger partial charge is 0.476 e. The maximum atomic E-state index is 10.3. The van der Waals surface area contributed by atoms with Crippen LogP contribution in [0.4, 0.5) is 0 Å². The molecule has 7 nitrogen and oxygen atoms in total. The lowest BCUT2D eigenvalue weighted by Gasteiger charge is -2.00. The average molecular weight is 145 g/mol. The van der Waals surface area contributed by atoms with Crippen LogP contribution in [0, 0.1) is 5.21 Å². The van der Waals surface area contributed by atoms with Gasteiger partial charge in [0.05, 0.1) is 0 Å². The number of hydrogen-bond acceptors (Lipinski definition) is 6. The third-order valence-electron chi connectivity index (χ3n) is 0.763. The molecule has 0 amide bonds. The molecule has 0 atom stereocenters. The minimum atomic E-state index is -1.05. The maximum absolute atomic E-state index is 10.3. The molecule has 0 aliphatic rings. The van der Waals surface area contributed by atoms with E-state index >= 15 is 0 Å². The molecule has 0 saturated heterocycles. The standard InChI is InChI=1S/C3H3N3O4/c7-1-4-2(8)6(10)3(9)5-1/h(H3,4,5,7,8,9). The number of nitrogens with zero attached hydrogens (tertiary/aromatic N) is 3. The summed E-state index contributed by atoms with van der Waals surface area (Å²) in [5.74, 6) is 0. The van der Waals surface area contributed by atoms with Crippen LogP contribution in [0.15, 0.2) is 0 Å². The molecular formula is C3H3N3O4. The Bertz CT molecular complexity index is 239. The van der Waals surface area contributed by atoms with E-state index in [0.717, 1.165) is 0 Å².